The summed E-state index contributed by atoms with van der Waals surface area (Å²) in [5.74, 6) is 0.250. The minimum atomic E-state index is -0.416. The van der Waals surface area contributed by atoms with Gasteiger partial charge in [-0.1, -0.05) is 31.4 Å². The lowest BCUT2D eigenvalue weighted by atomic mass is 10.1. The fraction of sp³-hybridized carbons (Fsp3) is 0.333. The Labute approximate surface area is 202 Å². The minimum absolute atomic E-state index is 0.0558. The molecule has 0 radical (unpaired) electrons. The van der Waals surface area contributed by atoms with Gasteiger partial charge in [-0.3, -0.25) is 10.2 Å². The lowest BCUT2D eigenvalue weighted by Crippen LogP contribution is -2.35. The lowest BCUT2D eigenvalue weighted by Gasteiger charge is -2.20. The maximum Gasteiger partial charge on any atom is 0.283 e. The zero-order valence-electron chi connectivity index (χ0n) is 19.1. The number of hydrogen-bond donors (Lipinski definition) is 1. The standard InChI is InChI=1S/C24H26ClN5O2S/c1-5-6-7-8-21-28-30-22(26)18(23(31)27-24(30)33-21)12-16-11-14(2)29(15(16)3)17-9-10-20(32-4)19(25)13-17/h9-13,26H,5-8H2,1-4H3. The first kappa shape index (κ1) is 23.3. The van der Waals surface area contributed by atoms with E-state index in [1.54, 1.807) is 13.2 Å². The Kier molecular flexibility index (Phi) is 6.76. The van der Waals surface area contributed by atoms with Crippen molar-refractivity contribution in [3.8, 4) is 11.4 Å². The highest BCUT2D eigenvalue weighted by molar-refractivity contribution is 8.26. The molecule has 0 unspecified atom stereocenters. The van der Waals surface area contributed by atoms with Crippen molar-refractivity contribution in [3.05, 3.63) is 51.8 Å². The number of aryl methyl sites for hydroxylation is 1. The fourth-order valence-corrected chi connectivity index (χ4v) is 5.12. The first-order valence-corrected chi connectivity index (χ1v) is 12.1. The Bertz CT molecular complexity index is 1230. The van der Waals surface area contributed by atoms with Crippen molar-refractivity contribution in [1.29, 1.82) is 5.41 Å². The molecule has 0 saturated heterocycles. The number of nitrogens with zero attached hydrogens (tertiary/aromatic N) is 4. The topological polar surface area (TPSA) is 83.0 Å². The van der Waals surface area contributed by atoms with Crippen LogP contribution in [0, 0.1) is 19.3 Å². The molecule has 1 amide bonds. The Balaban J connectivity index is 1.65. The van der Waals surface area contributed by atoms with Gasteiger partial charge < -0.3 is 9.30 Å². The van der Waals surface area contributed by atoms with Crippen LogP contribution >= 0.6 is 23.4 Å². The van der Waals surface area contributed by atoms with Gasteiger partial charge in [0, 0.05) is 17.1 Å². The van der Waals surface area contributed by atoms with Crippen molar-refractivity contribution in [2.75, 3.05) is 7.11 Å². The number of methoxy groups -OCH3 is 1. The van der Waals surface area contributed by atoms with Gasteiger partial charge in [-0.05, 0) is 74.4 Å². The van der Waals surface area contributed by atoms with E-state index in [4.69, 9.17) is 21.7 Å². The number of fused-ring (bicyclic) bond motifs is 1. The average molecular weight is 484 g/mol. The normalized spacial score (nSPS) is 16.9. The number of amidine groups is 2. The van der Waals surface area contributed by atoms with Crippen LogP contribution in [0.1, 0.15) is 49.6 Å². The van der Waals surface area contributed by atoms with Crippen LogP contribution in [0.5, 0.6) is 5.75 Å². The van der Waals surface area contributed by atoms with Crippen molar-refractivity contribution in [3.63, 3.8) is 0 Å². The molecule has 1 aromatic heterocycles. The predicted octanol–water partition coefficient (Wildman–Crippen LogP) is 5.96. The highest BCUT2D eigenvalue weighted by Crippen LogP contribution is 2.32. The highest BCUT2D eigenvalue weighted by Gasteiger charge is 2.35. The third-order valence-electron chi connectivity index (χ3n) is 5.65. The van der Waals surface area contributed by atoms with Crippen LogP contribution in [0.25, 0.3) is 11.8 Å². The Morgan fingerprint density at radius 2 is 2.03 bits per heavy atom. The number of halogens is 1. The molecule has 7 nitrogen and oxygen atoms in total. The van der Waals surface area contributed by atoms with Gasteiger partial charge in [0.15, 0.2) is 5.84 Å². The molecule has 0 spiro atoms. The van der Waals surface area contributed by atoms with Gasteiger partial charge in [-0.25, -0.2) is 0 Å². The number of hydrazone groups is 1. The van der Waals surface area contributed by atoms with Crippen LogP contribution in [0.2, 0.25) is 5.02 Å². The molecule has 33 heavy (non-hydrogen) atoms. The van der Waals surface area contributed by atoms with E-state index in [0.29, 0.717) is 15.9 Å². The van der Waals surface area contributed by atoms with E-state index in [1.807, 2.05) is 38.1 Å². The van der Waals surface area contributed by atoms with E-state index in [9.17, 15) is 4.79 Å². The summed E-state index contributed by atoms with van der Waals surface area (Å²) in [4.78, 5) is 17.0. The zero-order chi connectivity index (χ0) is 23.7. The SMILES string of the molecule is CCCCCC1=NN2C(=N)C(=Cc3cc(C)n(-c4ccc(OC)c(Cl)c4)c3C)C(=O)N=C2S1. The molecule has 3 heterocycles. The smallest absolute Gasteiger partial charge is 0.283 e. The summed E-state index contributed by atoms with van der Waals surface area (Å²) >= 11 is 7.71. The third-order valence-corrected chi connectivity index (χ3v) is 6.92. The molecule has 0 aliphatic carbocycles. The number of amides is 1. The van der Waals surface area contributed by atoms with Crippen LogP contribution in [0.4, 0.5) is 0 Å². The Hall–Kier alpha value is -2.84. The number of carbonyl (C=O) groups is 1. The van der Waals surface area contributed by atoms with E-state index in [2.05, 4.69) is 21.6 Å². The van der Waals surface area contributed by atoms with Crippen LogP contribution in [0.3, 0.4) is 0 Å². The molecule has 1 aromatic carbocycles. The first-order chi connectivity index (χ1) is 15.8. The summed E-state index contributed by atoms with van der Waals surface area (Å²) in [5, 5.41) is 16.5. The molecule has 2 aromatic rings. The Morgan fingerprint density at radius 1 is 1.24 bits per heavy atom. The number of carbonyl (C=O) groups excluding carboxylic acids is 1. The molecule has 2 aliphatic heterocycles. The molecule has 4 rings (SSSR count). The number of nitrogens with one attached hydrogen (secondary N) is 1. The zero-order valence-corrected chi connectivity index (χ0v) is 20.7. The molecule has 0 saturated carbocycles. The van der Waals surface area contributed by atoms with E-state index in [-0.39, 0.29) is 11.4 Å². The molecular formula is C24H26ClN5O2S. The van der Waals surface area contributed by atoms with Crippen LogP contribution in [0.15, 0.2) is 39.9 Å². The van der Waals surface area contributed by atoms with Gasteiger partial charge in [-0.2, -0.15) is 15.1 Å². The van der Waals surface area contributed by atoms with E-state index in [0.717, 1.165) is 53.4 Å². The van der Waals surface area contributed by atoms with Crippen LogP contribution < -0.4 is 4.74 Å². The summed E-state index contributed by atoms with van der Waals surface area (Å²) in [5.41, 5.74) is 3.86. The fourth-order valence-electron chi connectivity index (χ4n) is 3.94. The third kappa shape index (κ3) is 4.50. The second-order valence-electron chi connectivity index (χ2n) is 7.95. The van der Waals surface area contributed by atoms with Crippen LogP contribution in [-0.2, 0) is 4.79 Å². The second kappa shape index (κ2) is 9.57. The van der Waals surface area contributed by atoms with E-state index in [1.165, 1.54) is 16.8 Å². The van der Waals surface area contributed by atoms with E-state index >= 15 is 0 Å². The number of hydrogen-bond acceptors (Lipinski definition) is 5. The number of unbranched alkanes of at least 4 members (excludes halogenated alkanes) is 2. The van der Waals surface area contributed by atoms with Crippen molar-refractivity contribution in [1.82, 2.24) is 9.58 Å². The molecule has 9 heteroatoms. The van der Waals surface area contributed by atoms with Gasteiger partial charge in [0.2, 0.25) is 5.17 Å². The molecule has 0 atom stereocenters. The molecule has 2 aliphatic rings. The summed E-state index contributed by atoms with van der Waals surface area (Å²) in [6.07, 6.45) is 5.85. The maximum atomic E-state index is 12.8. The number of aromatic nitrogens is 1. The van der Waals surface area contributed by atoms with Gasteiger partial charge >= 0.3 is 0 Å². The minimum Gasteiger partial charge on any atom is -0.495 e. The maximum absolute atomic E-state index is 12.8. The van der Waals surface area contributed by atoms with Crippen molar-refractivity contribution < 1.29 is 9.53 Å². The molecule has 0 bridgehead atoms. The molecule has 1 N–H and O–H groups in total. The van der Waals surface area contributed by atoms with E-state index < -0.39 is 5.91 Å². The van der Waals surface area contributed by atoms with Crippen molar-refractivity contribution in [2.45, 2.75) is 46.5 Å². The quantitative estimate of drug-likeness (QED) is 0.389. The summed E-state index contributed by atoms with van der Waals surface area (Å²) < 4.78 is 7.31. The highest BCUT2D eigenvalue weighted by atomic mass is 35.5. The number of aliphatic imine (C=N–C) groups is 1. The second-order valence-corrected chi connectivity index (χ2v) is 9.40. The van der Waals surface area contributed by atoms with Gasteiger partial charge in [0.25, 0.3) is 5.91 Å². The average Bonchev–Trinajstić information content (AvgIpc) is 3.31. The lowest BCUT2D eigenvalue weighted by molar-refractivity contribution is -0.114. The first-order valence-electron chi connectivity index (χ1n) is 10.9. The molecule has 172 valence electrons. The van der Waals surface area contributed by atoms with Gasteiger partial charge in [0.1, 0.15) is 10.8 Å². The predicted molar refractivity (Wildman–Crippen MR) is 136 cm³/mol. The summed E-state index contributed by atoms with van der Waals surface area (Å²) in [7, 11) is 1.58. The van der Waals surface area contributed by atoms with Crippen molar-refractivity contribution >= 4 is 51.4 Å². The van der Waals surface area contributed by atoms with Crippen molar-refractivity contribution in [2.24, 2.45) is 10.1 Å². The monoisotopic (exact) mass is 483 g/mol. The van der Waals surface area contributed by atoms with Crippen LogP contribution in [-0.4, -0.2) is 38.6 Å². The number of ether oxygens (including phenoxy) is 1. The number of thioether (sulfide) groups is 1. The van der Waals surface area contributed by atoms with Gasteiger partial charge in [0.05, 0.1) is 17.7 Å². The number of rotatable bonds is 7. The summed E-state index contributed by atoms with van der Waals surface area (Å²) in [6, 6.07) is 7.59. The van der Waals surface area contributed by atoms with Gasteiger partial charge in [-0.15, -0.1) is 0 Å². The molecular weight excluding hydrogens is 458 g/mol. The Morgan fingerprint density at radius 3 is 2.73 bits per heavy atom. The molecule has 0 fully saturated rings. The number of benzene rings is 1. The largest absolute Gasteiger partial charge is 0.495 e. The summed E-state index contributed by atoms with van der Waals surface area (Å²) in [6.45, 7) is 6.11.